The second-order valence-electron chi connectivity index (χ2n) is 4.67. The zero-order valence-corrected chi connectivity index (χ0v) is 8.22. The van der Waals surface area contributed by atoms with Gasteiger partial charge in [-0.15, -0.1) is 0 Å². The number of ketones is 1. The monoisotopic (exact) mass is 178 g/mol. The summed E-state index contributed by atoms with van der Waals surface area (Å²) >= 11 is 0. The SMILES string of the molecule is CC(=O)C12C(C#N)NCC1C2(C)C. The summed E-state index contributed by atoms with van der Waals surface area (Å²) < 4.78 is 0. The maximum absolute atomic E-state index is 11.6. The van der Waals surface area contributed by atoms with Crippen molar-refractivity contribution in [2.45, 2.75) is 26.8 Å². The molecule has 1 aliphatic carbocycles. The molecule has 2 rings (SSSR count). The smallest absolute Gasteiger partial charge is 0.139 e. The first-order valence-electron chi connectivity index (χ1n) is 4.63. The number of nitriles is 1. The normalized spacial score (nSPS) is 45.1. The second kappa shape index (κ2) is 2.13. The van der Waals surface area contributed by atoms with Crippen molar-refractivity contribution in [2.24, 2.45) is 16.7 Å². The lowest BCUT2D eigenvalue weighted by molar-refractivity contribution is -0.123. The molecule has 13 heavy (non-hydrogen) atoms. The molecule has 2 fully saturated rings. The van der Waals surface area contributed by atoms with E-state index in [0.717, 1.165) is 6.54 Å². The Morgan fingerprint density at radius 2 is 2.23 bits per heavy atom. The van der Waals surface area contributed by atoms with Gasteiger partial charge in [0.1, 0.15) is 11.8 Å². The van der Waals surface area contributed by atoms with Gasteiger partial charge < -0.3 is 5.32 Å². The maximum atomic E-state index is 11.6. The molecule has 3 atom stereocenters. The second-order valence-corrected chi connectivity index (χ2v) is 4.67. The molecule has 0 amide bonds. The molecule has 1 aliphatic heterocycles. The van der Waals surface area contributed by atoms with E-state index < -0.39 is 0 Å². The molecule has 2 aliphatic rings. The molecule has 70 valence electrons. The number of carbonyl (C=O) groups is 1. The van der Waals surface area contributed by atoms with Gasteiger partial charge in [0.2, 0.25) is 0 Å². The van der Waals surface area contributed by atoms with Crippen molar-refractivity contribution in [2.75, 3.05) is 6.54 Å². The molecule has 1 heterocycles. The van der Waals surface area contributed by atoms with E-state index in [4.69, 9.17) is 5.26 Å². The lowest BCUT2D eigenvalue weighted by atomic mass is 9.86. The fourth-order valence-corrected chi connectivity index (χ4v) is 3.34. The maximum Gasteiger partial charge on any atom is 0.139 e. The van der Waals surface area contributed by atoms with E-state index in [2.05, 4.69) is 25.2 Å². The average Bonchev–Trinajstić information content (AvgIpc) is 2.45. The zero-order chi connectivity index (χ0) is 9.85. The summed E-state index contributed by atoms with van der Waals surface area (Å²) in [6.07, 6.45) is 0. The van der Waals surface area contributed by atoms with E-state index >= 15 is 0 Å². The highest BCUT2D eigenvalue weighted by molar-refractivity contribution is 5.89. The molecule has 0 spiro atoms. The Kier molecular flexibility index (Phi) is 1.43. The van der Waals surface area contributed by atoms with E-state index in [1.807, 2.05) is 0 Å². The molecule has 3 nitrogen and oxygen atoms in total. The molecule has 0 radical (unpaired) electrons. The quantitative estimate of drug-likeness (QED) is 0.643. The van der Waals surface area contributed by atoms with Crippen molar-refractivity contribution in [1.29, 1.82) is 5.26 Å². The number of hydrogen-bond donors (Lipinski definition) is 1. The Hall–Kier alpha value is -0.880. The van der Waals surface area contributed by atoms with Gasteiger partial charge in [-0.3, -0.25) is 4.79 Å². The van der Waals surface area contributed by atoms with Crippen LogP contribution in [0, 0.1) is 28.1 Å². The van der Waals surface area contributed by atoms with Crippen LogP contribution >= 0.6 is 0 Å². The molecular formula is C10H14N2O. The Balaban J connectivity index is 2.43. The minimum Gasteiger partial charge on any atom is -0.301 e. The number of hydrogen-bond acceptors (Lipinski definition) is 3. The van der Waals surface area contributed by atoms with Gasteiger partial charge in [-0.1, -0.05) is 13.8 Å². The summed E-state index contributed by atoms with van der Waals surface area (Å²) in [5, 5.41) is 12.0. The number of nitrogens with zero attached hydrogens (tertiary/aromatic N) is 1. The summed E-state index contributed by atoms with van der Waals surface area (Å²) in [6.45, 7) is 6.60. The van der Waals surface area contributed by atoms with Crippen LogP contribution in [0.15, 0.2) is 0 Å². The van der Waals surface area contributed by atoms with Gasteiger partial charge in [-0.05, 0) is 18.3 Å². The lowest BCUT2D eigenvalue weighted by Gasteiger charge is -2.21. The van der Waals surface area contributed by atoms with Crippen molar-refractivity contribution in [1.82, 2.24) is 5.32 Å². The van der Waals surface area contributed by atoms with Crippen LogP contribution in [-0.2, 0) is 4.79 Å². The minimum atomic E-state index is -0.387. The van der Waals surface area contributed by atoms with Crippen molar-refractivity contribution in [3.63, 3.8) is 0 Å². The Morgan fingerprint density at radius 1 is 1.62 bits per heavy atom. The highest BCUT2D eigenvalue weighted by Crippen LogP contribution is 2.73. The third-order valence-corrected chi connectivity index (χ3v) is 4.10. The summed E-state index contributed by atoms with van der Waals surface area (Å²) in [5.41, 5.74) is -0.369. The van der Waals surface area contributed by atoms with Crippen LogP contribution in [0.2, 0.25) is 0 Å². The van der Waals surface area contributed by atoms with Crippen molar-refractivity contribution < 1.29 is 4.79 Å². The van der Waals surface area contributed by atoms with Gasteiger partial charge in [0.05, 0.1) is 11.5 Å². The van der Waals surface area contributed by atoms with Crippen LogP contribution in [0.4, 0.5) is 0 Å². The summed E-state index contributed by atoms with van der Waals surface area (Å²) in [5.74, 6) is 0.529. The predicted octanol–water partition coefficient (Wildman–Crippen LogP) is 0.713. The highest BCUT2D eigenvalue weighted by atomic mass is 16.1. The largest absolute Gasteiger partial charge is 0.301 e. The minimum absolute atomic E-state index is 0.0183. The van der Waals surface area contributed by atoms with Gasteiger partial charge in [-0.2, -0.15) is 5.26 Å². The zero-order valence-electron chi connectivity index (χ0n) is 8.22. The van der Waals surface area contributed by atoms with Crippen molar-refractivity contribution in [3.8, 4) is 6.07 Å². The Morgan fingerprint density at radius 3 is 2.54 bits per heavy atom. The van der Waals surface area contributed by atoms with E-state index in [1.165, 1.54) is 0 Å². The third-order valence-electron chi connectivity index (χ3n) is 4.10. The van der Waals surface area contributed by atoms with Crippen LogP contribution in [0.25, 0.3) is 0 Å². The topological polar surface area (TPSA) is 52.9 Å². The first-order chi connectivity index (χ1) is 5.99. The van der Waals surface area contributed by atoms with Crippen LogP contribution in [0.5, 0.6) is 0 Å². The van der Waals surface area contributed by atoms with Gasteiger partial charge in [0, 0.05) is 6.54 Å². The third kappa shape index (κ3) is 0.671. The Bertz CT molecular complexity index is 315. The van der Waals surface area contributed by atoms with E-state index in [1.54, 1.807) is 6.92 Å². The number of Topliss-reactive ketones (excluding diaryl/α,β-unsaturated/α-hetero) is 1. The van der Waals surface area contributed by atoms with Gasteiger partial charge in [0.25, 0.3) is 0 Å². The predicted molar refractivity (Wildman–Crippen MR) is 47.8 cm³/mol. The van der Waals surface area contributed by atoms with Crippen LogP contribution < -0.4 is 5.32 Å². The van der Waals surface area contributed by atoms with E-state index in [-0.39, 0.29) is 22.7 Å². The Labute approximate surface area is 78.1 Å². The van der Waals surface area contributed by atoms with Crippen LogP contribution in [0.1, 0.15) is 20.8 Å². The number of fused-ring (bicyclic) bond motifs is 1. The molecule has 0 bridgehead atoms. The summed E-state index contributed by atoms with van der Waals surface area (Å²) in [7, 11) is 0. The number of carbonyl (C=O) groups excluding carboxylic acids is 1. The van der Waals surface area contributed by atoms with Crippen LogP contribution in [-0.4, -0.2) is 18.4 Å². The standard InChI is InChI=1S/C10H14N2O/c1-6(13)10-7(9(10,2)3)5-12-8(10)4-11/h7-8,12H,5H2,1-3H3. The first kappa shape index (κ1) is 8.71. The van der Waals surface area contributed by atoms with Gasteiger partial charge >= 0.3 is 0 Å². The fourth-order valence-electron chi connectivity index (χ4n) is 3.34. The number of piperidine rings is 1. The molecule has 0 aromatic carbocycles. The summed E-state index contributed by atoms with van der Waals surface area (Å²) in [6, 6.07) is 1.93. The molecular weight excluding hydrogens is 164 g/mol. The van der Waals surface area contributed by atoms with E-state index in [9.17, 15) is 4.79 Å². The molecule has 3 unspecified atom stereocenters. The molecule has 1 saturated heterocycles. The highest BCUT2D eigenvalue weighted by Gasteiger charge is 2.79. The molecule has 1 saturated carbocycles. The average molecular weight is 178 g/mol. The van der Waals surface area contributed by atoms with Crippen LogP contribution in [0.3, 0.4) is 0 Å². The van der Waals surface area contributed by atoms with Crippen molar-refractivity contribution in [3.05, 3.63) is 0 Å². The van der Waals surface area contributed by atoms with Gasteiger partial charge in [0.15, 0.2) is 0 Å². The van der Waals surface area contributed by atoms with E-state index in [0.29, 0.717) is 5.92 Å². The number of nitrogens with one attached hydrogen (secondary N) is 1. The summed E-state index contributed by atoms with van der Waals surface area (Å²) in [4.78, 5) is 11.6. The van der Waals surface area contributed by atoms with Crippen molar-refractivity contribution >= 4 is 5.78 Å². The van der Waals surface area contributed by atoms with Gasteiger partial charge in [-0.25, -0.2) is 0 Å². The molecule has 0 aromatic rings. The molecule has 3 heteroatoms. The first-order valence-corrected chi connectivity index (χ1v) is 4.63. The number of rotatable bonds is 1. The fraction of sp³-hybridized carbons (Fsp3) is 0.800. The lowest BCUT2D eigenvalue weighted by Crippen LogP contribution is -2.39. The molecule has 0 aromatic heterocycles. The molecule has 1 N–H and O–H groups in total.